The molecule has 1 saturated heterocycles. The highest BCUT2D eigenvalue weighted by Crippen LogP contribution is 2.30. The van der Waals surface area contributed by atoms with E-state index in [0.29, 0.717) is 5.92 Å². The van der Waals surface area contributed by atoms with Gasteiger partial charge in [0.05, 0.1) is 17.8 Å². The summed E-state index contributed by atoms with van der Waals surface area (Å²) in [6.07, 6.45) is 30.2. The van der Waals surface area contributed by atoms with E-state index in [4.69, 9.17) is 5.10 Å². The lowest BCUT2D eigenvalue weighted by Crippen LogP contribution is -2.10. The number of unbranched alkanes of at least 4 members (excludes halogenated alkanes) is 10. The summed E-state index contributed by atoms with van der Waals surface area (Å²) in [5.41, 5.74) is 6.28. The maximum Gasteiger partial charge on any atom is 0.0953 e. The van der Waals surface area contributed by atoms with Gasteiger partial charge in [-0.25, -0.2) is 0 Å². The number of nitrogens with one attached hydrogen (secondary N) is 1. The molecule has 47 heavy (non-hydrogen) atoms. The second kappa shape index (κ2) is 35.0. The van der Waals surface area contributed by atoms with E-state index in [9.17, 15) is 0 Å². The maximum absolute atomic E-state index is 4.91. The van der Waals surface area contributed by atoms with E-state index in [1.807, 2.05) is 47.9 Å². The average Bonchev–Trinajstić information content (AvgIpc) is 3.70. The van der Waals surface area contributed by atoms with Crippen molar-refractivity contribution in [3.8, 4) is 12.8 Å². The molecule has 4 heteroatoms. The van der Waals surface area contributed by atoms with Gasteiger partial charge < -0.3 is 10.2 Å². The third kappa shape index (κ3) is 23.6. The molecular weight excluding hydrogens is 573 g/mol. The summed E-state index contributed by atoms with van der Waals surface area (Å²) in [4.78, 5) is 2.36. The Labute approximate surface area is 295 Å². The van der Waals surface area contributed by atoms with E-state index in [1.54, 1.807) is 0 Å². The molecule has 4 nitrogen and oxygen atoms in total. The van der Waals surface area contributed by atoms with Gasteiger partial charge in [0.2, 0.25) is 0 Å². The van der Waals surface area contributed by atoms with Crippen LogP contribution in [0.15, 0.2) is 31.4 Å². The van der Waals surface area contributed by atoms with E-state index in [1.165, 1.54) is 119 Å². The summed E-state index contributed by atoms with van der Waals surface area (Å²) >= 11 is 0. The van der Waals surface area contributed by atoms with Crippen LogP contribution < -0.4 is 5.32 Å². The zero-order valence-electron chi connectivity index (χ0n) is 33.4. The molecule has 0 saturated carbocycles. The van der Waals surface area contributed by atoms with E-state index in [-0.39, 0.29) is 0 Å². The van der Waals surface area contributed by atoms with Crippen molar-refractivity contribution in [2.24, 2.45) is 5.92 Å². The SMILES string of the molecule is C#C.C=CCn1nc(C(=C)C)c2cc(CC(C)C)cc(CCCCCCCCCCCCC)c21.CC.CC.CN1CCCC1.CNC. The lowest BCUT2D eigenvalue weighted by molar-refractivity contribution is 0.418. The van der Waals surface area contributed by atoms with Crippen LogP contribution in [0.1, 0.15) is 156 Å². The van der Waals surface area contributed by atoms with Crippen LogP contribution in [0.25, 0.3) is 16.5 Å². The van der Waals surface area contributed by atoms with Crippen molar-refractivity contribution < 1.29 is 0 Å². The van der Waals surface area contributed by atoms with E-state index in [0.717, 1.165) is 30.7 Å². The smallest absolute Gasteiger partial charge is 0.0953 e. The summed E-state index contributed by atoms with van der Waals surface area (Å²) in [5, 5.41) is 8.93. The van der Waals surface area contributed by atoms with Gasteiger partial charge >= 0.3 is 0 Å². The highest BCUT2D eigenvalue weighted by atomic mass is 15.3. The third-order valence-electron chi connectivity index (χ3n) is 7.71. The molecule has 1 fully saturated rings. The van der Waals surface area contributed by atoms with Gasteiger partial charge in [-0.2, -0.15) is 5.10 Å². The molecule has 1 aliphatic heterocycles. The van der Waals surface area contributed by atoms with Gasteiger partial charge in [-0.05, 0) is 102 Å². The molecule has 0 atom stereocenters. The molecule has 0 spiro atoms. The topological polar surface area (TPSA) is 33.1 Å². The quantitative estimate of drug-likeness (QED) is 0.105. The number of benzene rings is 1. The Morgan fingerprint density at radius 1 is 0.894 bits per heavy atom. The molecule has 3 rings (SSSR count). The van der Waals surface area contributed by atoms with Crippen LogP contribution in [0, 0.1) is 18.8 Å². The first-order chi connectivity index (χ1) is 22.8. The first-order valence-electron chi connectivity index (χ1n) is 19.2. The highest BCUT2D eigenvalue weighted by molar-refractivity contribution is 5.92. The van der Waals surface area contributed by atoms with Gasteiger partial charge in [-0.15, -0.1) is 19.4 Å². The predicted octanol–water partition coefficient (Wildman–Crippen LogP) is 12.2. The minimum absolute atomic E-state index is 0.652. The number of allylic oxidation sites excluding steroid dienone is 2. The molecule has 1 aromatic heterocycles. The second-order valence-corrected chi connectivity index (χ2v) is 12.6. The van der Waals surface area contributed by atoms with Gasteiger partial charge in [0.25, 0.3) is 0 Å². The fourth-order valence-corrected chi connectivity index (χ4v) is 5.67. The van der Waals surface area contributed by atoms with E-state index in [2.05, 4.69) is 87.8 Å². The van der Waals surface area contributed by atoms with Gasteiger partial charge in [0.15, 0.2) is 0 Å². The number of aromatic nitrogens is 2. The molecule has 0 amide bonds. The normalized spacial score (nSPS) is 11.8. The van der Waals surface area contributed by atoms with Crippen molar-refractivity contribution in [1.82, 2.24) is 20.0 Å². The first-order valence-corrected chi connectivity index (χ1v) is 19.2. The Morgan fingerprint density at radius 2 is 1.36 bits per heavy atom. The fraction of sp³-hybridized carbons (Fsp3) is 0.698. The van der Waals surface area contributed by atoms with E-state index < -0.39 is 0 Å². The van der Waals surface area contributed by atoms with Crippen molar-refractivity contribution in [2.45, 2.75) is 158 Å². The van der Waals surface area contributed by atoms with Gasteiger partial charge in [-0.1, -0.05) is 131 Å². The standard InChI is InChI=1S/C30H48N2.C5H11N.C2H7N.2C2H6.C2H2/c1-7-9-10-11-12-13-14-15-16-17-18-19-27-22-26(21-24(3)4)23-28-29(25(5)6)31-32(20-8-2)30(27)28;1-6-4-2-3-5-6;1-3-2;3*1-2/h8,22-24H,2,5,7,9-21H2,1,3-4,6H3;2-5H2,1H3;3H,1-2H3;2*1-2H3;1-2H. The van der Waals surface area contributed by atoms with Crippen LogP contribution in [0.2, 0.25) is 0 Å². The monoisotopic (exact) mass is 653 g/mol. The van der Waals surface area contributed by atoms with Crippen LogP contribution >= 0.6 is 0 Å². The lowest BCUT2D eigenvalue weighted by atomic mass is 9.94. The summed E-state index contributed by atoms with van der Waals surface area (Å²) in [6, 6.07) is 4.80. The summed E-state index contributed by atoms with van der Waals surface area (Å²) in [6.45, 7) is 28.5. The molecule has 2 aromatic rings. The lowest BCUT2D eigenvalue weighted by Gasteiger charge is -2.12. The van der Waals surface area contributed by atoms with Crippen molar-refractivity contribution in [1.29, 1.82) is 0 Å². The number of nitrogens with zero attached hydrogens (tertiary/aromatic N) is 3. The van der Waals surface area contributed by atoms with Gasteiger partial charge in [0, 0.05) is 5.39 Å². The molecule has 0 bridgehead atoms. The number of terminal acetylenes is 1. The molecule has 0 unspecified atom stereocenters. The van der Waals surface area contributed by atoms with Crippen LogP contribution in [0.5, 0.6) is 0 Å². The number of aryl methyl sites for hydroxylation is 1. The third-order valence-corrected chi connectivity index (χ3v) is 7.71. The predicted molar refractivity (Wildman–Crippen MR) is 218 cm³/mol. The minimum atomic E-state index is 0.652. The van der Waals surface area contributed by atoms with Crippen LogP contribution in [0.3, 0.4) is 0 Å². The number of hydrogen-bond donors (Lipinski definition) is 1. The van der Waals surface area contributed by atoms with Crippen LogP contribution in [0.4, 0.5) is 0 Å². The summed E-state index contributed by atoms with van der Waals surface area (Å²) in [5.74, 6) is 0.652. The minimum Gasteiger partial charge on any atom is -0.323 e. The van der Waals surface area contributed by atoms with Crippen LogP contribution in [-0.2, 0) is 19.4 Å². The van der Waals surface area contributed by atoms with Crippen LogP contribution in [-0.4, -0.2) is 48.9 Å². The molecule has 2 heterocycles. The second-order valence-electron chi connectivity index (χ2n) is 12.6. The molecule has 1 aliphatic rings. The zero-order chi connectivity index (χ0) is 36.5. The van der Waals surface area contributed by atoms with Crippen molar-refractivity contribution in [3.05, 3.63) is 48.2 Å². The summed E-state index contributed by atoms with van der Waals surface area (Å²) in [7, 11) is 5.92. The van der Waals surface area contributed by atoms with Gasteiger partial charge in [0.1, 0.15) is 0 Å². The Bertz CT molecular complexity index is 1010. The van der Waals surface area contributed by atoms with Crippen molar-refractivity contribution >= 4 is 16.5 Å². The van der Waals surface area contributed by atoms with Gasteiger partial charge in [-0.3, -0.25) is 4.68 Å². The number of likely N-dealkylation sites (tertiary alicyclic amines) is 1. The highest BCUT2D eigenvalue weighted by Gasteiger charge is 2.16. The number of hydrogen-bond acceptors (Lipinski definition) is 3. The largest absolute Gasteiger partial charge is 0.323 e. The number of rotatable bonds is 17. The average molecular weight is 653 g/mol. The zero-order valence-corrected chi connectivity index (χ0v) is 33.4. The van der Waals surface area contributed by atoms with E-state index >= 15 is 0 Å². The van der Waals surface area contributed by atoms with Crippen molar-refractivity contribution in [2.75, 3.05) is 34.2 Å². The Kier molecular flexibility index (Phi) is 36.5. The number of fused-ring (bicyclic) bond motifs is 1. The Hall–Kier alpha value is -2.35. The fourth-order valence-electron chi connectivity index (χ4n) is 5.67. The molecule has 0 aliphatic carbocycles. The molecular formula is C43H80N4. The Balaban J connectivity index is -0.00000108. The molecule has 1 N–H and O–H groups in total. The maximum atomic E-state index is 4.91. The van der Waals surface area contributed by atoms with Crippen molar-refractivity contribution in [3.63, 3.8) is 0 Å². The summed E-state index contributed by atoms with van der Waals surface area (Å²) < 4.78 is 2.14. The molecule has 272 valence electrons. The first kappa shape index (κ1) is 49.0. The molecule has 1 aromatic carbocycles. The molecule has 0 radical (unpaired) electrons. The Morgan fingerprint density at radius 3 is 1.74 bits per heavy atom.